The normalized spacial score (nSPS) is 22.5. The van der Waals surface area contributed by atoms with Gasteiger partial charge in [0.1, 0.15) is 11.8 Å². The first-order valence-electron chi connectivity index (χ1n) is 10.0. The molecule has 29 heavy (non-hydrogen) atoms. The lowest BCUT2D eigenvalue weighted by atomic mass is 9.97. The number of primary amides is 1. The van der Waals surface area contributed by atoms with Crippen LogP contribution in [0.3, 0.4) is 0 Å². The molecule has 2 atom stereocenters. The smallest absolute Gasteiger partial charge is 0.257 e. The summed E-state index contributed by atoms with van der Waals surface area (Å²) < 4.78 is 5.60. The van der Waals surface area contributed by atoms with Crippen LogP contribution in [0.15, 0.2) is 52.2 Å². The molecule has 7 heteroatoms. The SMILES string of the molecule is Cc1ccc(C2=NN(C(=O)CN3CCC[C@H](C(N)=O)C3)[C@H](c3ccco3)C2)cc1. The number of furan rings is 1. The topological polar surface area (TPSA) is 92.1 Å². The number of hydrogen-bond donors (Lipinski definition) is 1. The number of piperidine rings is 1. The number of carbonyl (C=O) groups is 2. The van der Waals surface area contributed by atoms with Crippen LogP contribution in [0, 0.1) is 12.8 Å². The Morgan fingerprint density at radius 2 is 2.03 bits per heavy atom. The second-order valence-electron chi connectivity index (χ2n) is 7.86. The monoisotopic (exact) mass is 394 g/mol. The minimum Gasteiger partial charge on any atom is -0.467 e. The first kappa shape index (κ1) is 19.4. The van der Waals surface area contributed by atoms with E-state index >= 15 is 0 Å². The van der Waals surface area contributed by atoms with Crippen molar-refractivity contribution in [3.05, 3.63) is 59.5 Å². The summed E-state index contributed by atoms with van der Waals surface area (Å²) in [5.41, 5.74) is 8.52. The van der Waals surface area contributed by atoms with Gasteiger partial charge in [-0.25, -0.2) is 5.01 Å². The fraction of sp³-hybridized carbons (Fsp3) is 0.409. The second kappa shape index (κ2) is 8.21. The van der Waals surface area contributed by atoms with Crippen molar-refractivity contribution in [2.75, 3.05) is 19.6 Å². The fourth-order valence-electron chi connectivity index (χ4n) is 4.06. The molecule has 0 aliphatic carbocycles. The predicted molar refractivity (Wildman–Crippen MR) is 109 cm³/mol. The highest BCUT2D eigenvalue weighted by molar-refractivity contribution is 6.03. The van der Waals surface area contributed by atoms with Gasteiger partial charge in [0.05, 0.1) is 24.4 Å². The molecule has 1 saturated heterocycles. The molecule has 2 N–H and O–H groups in total. The summed E-state index contributed by atoms with van der Waals surface area (Å²) in [6.45, 7) is 3.56. The zero-order valence-corrected chi connectivity index (χ0v) is 16.6. The molecule has 0 bridgehead atoms. The Hall–Kier alpha value is -2.93. The van der Waals surface area contributed by atoms with Gasteiger partial charge >= 0.3 is 0 Å². The third kappa shape index (κ3) is 4.24. The van der Waals surface area contributed by atoms with Crippen molar-refractivity contribution >= 4 is 17.5 Å². The standard InChI is InChI=1S/C22H26N4O3/c1-15-6-8-16(9-7-15)18-12-19(20-5-3-11-29-20)26(24-18)21(27)14-25-10-2-4-17(13-25)22(23)28/h3,5-9,11,17,19H,2,4,10,12-14H2,1H3,(H2,23,28)/t17-,19-/m0/s1. The molecule has 0 radical (unpaired) electrons. The fourth-order valence-corrected chi connectivity index (χ4v) is 4.06. The van der Waals surface area contributed by atoms with Crippen molar-refractivity contribution in [1.82, 2.24) is 9.91 Å². The van der Waals surface area contributed by atoms with Gasteiger partial charge in [0, 0.05) is 13.0 Å². The molecule has 3 heterocycles. The molecular weight excluding hydrogens is 368 g/mol. The molecule has 1 fully saturated rings. The van der Waals surface area contributed by atoms with E-state index in [1.807, 2.05) is 48.2 Å². The molecule has 7 nitrogen and oxygen atoms in total. The van der Waals surface area contributed by atoms with Crippen molar-refractivity contribution in [3.8, 4) is 0 Å². The molecule has 1 aromatic heterocycles. The second-order valence-corrected chi connectivity index (χ2v) is 7.86. The largest absolute Gasteiger partial charge is 0.467 e. The summed E-state index contributed by atoms with van der Waals surface area (Å²) in [5, 5.41) is 6.21. The Bertz CT molecular complexity index is 905. The van der Waals surface area contributed by atoms with Gasteiger partial charge in [-0.2, -0.15) is 5.10 Å². The maximum atomic E-state index is 13.1. The van der Waals surface area contributed by atoms with Crippen molar-refractivity contribution in [3.63, 3.8) is 0 Å². The van der Waals surface area contributed by atoms with Gasteiger partial charge in [0.25, 0.3) is 5.91 Å². The van der Waals surface area contributed by atoms with E-state index in [4.69, 9.17) is 10.2 Å². The van der Waals surface area contributed by atoms with E-state index in [9.17, 15) is 9.59 Å². The first-order valence-corrected chi connectivity index (χ1v) is 10.0. The third-order valence-corrected chi connectivity index (χ3v) is 5.69. The number of hydrogen-bond acceptors (Lipinski definition) is 5. The Morgan fingerprint density at radius 1 is 1.24 bits per heavy atom. The van der Waals surface area contributed by atoms with Gasteiger partial charge < -0.3 is 10.2 Å². The number of carbonyl (C=O) groups excluding carboxylic acids is 2. The van der Waals surface area contributed by atoms with Gasteiger partial charge in [0.2, 0.25) is 5.91 Å². The van der Waals surface area contributed by atoms with Crippen LogP contribution in [0.25, 0.3) is 0 Å². The quantitative estimate of drug-likeness (QED) is 0.843. The van der Waals surface area contributed by atoms with Crippen LogP contribution in [-0.2, 0) is 9.59 Å². The molecule has 152 valence electrons. The van der Waals surface area contributed by atoms with E-state index in [0.717, 1.165) is 36.4 Å². The third-order valence-electron chi connectivity index (χ3n) is 5.69. The summed E-state index contributed by atoms with van der Waals surface area (Å²) in [7, 11) is 0. The maximum Gasteiger partial charge on any atom is 0.257 e. The van der Waals surface area contributed by atoms with Gasteiger partial charge in [-0.3, -0.25) is 14.5 Å². The Labute approximate surface area is 170 Å². The van der Waals surface area contributed by atoms with Crippen molar-refractivity contribution < 1.29 is 14.0 Å². The summed E-state index contributed by atoms with van der Waals surface area (Å²) in [5.74, 6) is 0.135. The van der Waals surface area contributed by atoms with Crippen LogP contribution in [0.4, 0.5) is 0 Å². The zero-order valence-electron chi connectivity index (χ0n) is 16.6. The molecule has 2 aliphatic rings. The number of aryl methyl sites for hydroxylation is 1. The number of nitrogens with two attached hydrogens (primary N) is 1. The predicted octanol–water partition coefficient (Wildman–Crippen LogP) is 2.46. The number of rotatable bonds is 5. The molecule has 0 spiro atoms. The number of amides is 2. The first-order chi connectivity index (χ1) is 14.0. The summed E-state index contributed by atoms with van der Waals surface area (Å²) >= 11 is 0. The van der Waals surface area contributed by atoms with E-state index in [1.54, 1.807) is 11.3 Å². The lowest BCUT2D eigenvalue weighted by Gasteiger charge is -2.31. The van der Waals surface area contributed by atoms with Gasteiger partial charge in [0.15, 0.2) is 0 Å². The van der Waals surface area contributed by atoms with Crippen LogP contribution >= 0.6 is 0 Å². The van der Waals surface area contributed by atoms with E-state index in [0.29, 0.717) is 13.0 Å². The molecule has 2 aromatic rings. The van der Waals surface area contributed by atoms with Crippen LogP contribution in [0.1, 0.15) is 42.2 Å². The van der Waals surface area contributed by atoms with Crippen LogP contribution in [0.2, 0.25) is 0 Å². The minimum atomic E-state index is -0.295. The number of nitrogens with zero attached hydrogens (tertiary/aromatic N) is 3. The lowest BCUT2D eigenvalue weighted by molar-refractivity contribution is -0.136. The highest BCUT2D eigenvalue weighted by atomic mass is 16.3. The molecule has 2 aliphatic heterocycles. The average Bonchev–Trinajstić information content (AvgIpc) is 3.38. The minimum absolute atomic E-state index is 0.0985. The molecule has 0 saturated carbocycles. The number of hydrazone groups is 1. The van der Waals surface area contributed by atoms with Gasteiger partial charge in [-0.1, -0.05) is 29.8 Å². The Kier molecular flexibility index (Phi) is 5.49. The number of benzene rings is 1. The van der Waals surface area contributed by atoms with Crippen LogP contribution in [-0.4, -0.2) is 47.1 Å². The molecular formula is C22H26N4O3. The van der Waals surface area contributed by atoms with Crippen LogP contribution in [0.5, 0.6) is 0 Å². The summed E-state index contributed by atoms with van der Waals surface area (Å²) in [6.07, 6.45) is 3.87. The Morgan fingerprint density at radius 3 is 2.72 bits per heavy atom. The highest BCUT2D eigenvalue weighted by Crippen LogP contribution is 2.33. The van der Waals surface area contributed by atoms with Crippen molar-refractivity contribution in [2.24, 2.45) is 16.8 Å². The van der Waals surface area contributed by atoms with Crippen molar-refractivity contribution in [1.29, 1.82) is 0 Å². The van der Waals surface area contributed by atoms with Crippen molar-refractivity contribution in [2.45, 2.75) is 32.2 Å². The average molecular weight is 394 g/mol. The van der Waals surface area contributed by atoms with Crippen LogP contribution < -0.4 is 5.73 Å². The van der Waals surface area contributed by atoms with E-state index in [-0.39, 0.29) is 30.3 Å². The molecule has 0 unspecified atom stereocenters. The maximum absolute atomic E-state index is 13.1. The molecule has 2 amide bonds. The lowest BCUT2D eigenvalue weighted by Crippen LogP contribution is -2.45. The summed E-state index contributed by atoms with van der Waals surface area (Å²) in [6, 6.07) is 11.6. The number of likely N-dealkylation sites (tertiary alicyclic amines) is 1. The van der Waals surface area contributed by atoms with Gasteiger partial charge in [-0.05, 0) is 44.0 Å². The van der Waals surface area contributed by atoms with E-state index in [1.165, 1.54) is 5.56 Å². The highest BCUT2D eigenvalue weighted by Gasteiger charge is 2.36. The summed E-state index contributed by atoms with van der Waals surface area (Å²) in [4.78, 5) is 26.7. The van der Waals surface area contributed by atoms with E-state index in [2.05, 4.69) is 5.10 Å². The van der Waals surface area contributed by atoms with E-state index < -0.39 is 0 Å². The van der Waals surface area contributed by atoms with Gasteiger partial charge in [-0.15, -0.1) is 0 Å². The Balaban J connectivity index is 1.53. The zero-order chi connectivity index (χ0) is 20.4. The molecule has 4 rings (SSSR count). The molecule has 1 aromatic carbocycles.